The smallest absolute Gasteiger partial charge is 0.337 e. The first-order valence-corrected chi connectivity index (χ1v) is 11.3. The maximum atomic E-state index is 12.5. The van der Waals surface area contributed by atoms with Gasteiger partial charge in [0.15, 0.2) is 5.16 Å². The average molecular weight is 427 g/mol. The number of hydrogen-bond acceptors (Lipinski definition) is 6. The van der Waals surface area contributed by atoms with Crippen LogP contribution in [0.2, 0.25) is 0 Å². The van der Waals surface area contributed by atoms with Gasteiger partial charge in [-0.25, -0.2) is 14.8 Å². The zero-order valence-corrected chi connectivity index (χ0v) is 18.3. The number of imidazole rings is 1. The SMILES string of the molecule is COC(=O)c1ccc2c(=O)[nH]c(CSc3nc(C)c(C)n3C3CCCCC3)nc2c1. The predicted octanol–water partition coefficient (Wildman–Crippen LogP) is 4.32. The molecule has 0 saturated heterocycles. The normalized spacial score (nSPS) is 14.9. The summed E-state index contributed by atoms with van der Waals surface area (Å²) in [5.41, 5.74) is 2.91. The second kappa shape index (κ2) is 8.63. The van der Waals surface area contributed by atoms with Crippen molar-refractivity contribution in [3.8, 4) is 0 Å². The fourth-order valence-electron chi connectivity index (χ4n) is 4.10. The first-order chi connectivity index (χ1) is 14.5. The number of methoxy groups -OCH3 is 1. The van der Waals surface area contributed by atoms with E-state index in [1.54, 1.807) is 30.0 Å². The van der Waals surface area contributed by atoms with Crippen LogP contribution in [0.1, 0.15) is 65.7 Å². The van der Waals surface area contributed by atoms with Crippen LogP contribution >= 0.6 is 11.8 Å². The maximum absolute atomic E-state index is 12.5. The Kier molecular flexibility index (Phi) is 5.94. The molecule has 3 aromatic rings. The minimum absolute atomic E-state index is 0.213. The van der Waals surface area contributed by atoms with Gasteiger partial charge in [-0.05, 0) is 44.9 Å². The van der Waals surface area contributed by atoms with Gasteiger partial charge in [0.2, 0.25) is 0 Å². The molecule has 0 atom stereocenters. The number of ether oxygens (including phenoxy) is 1. The molecule has 1 fully saturated rings. The lowest BCUT2D eigenvalue weighted by molar-refractivity contribution is 0.0601. The first-order valence-electron chi connectivity index (χ1n) is 10.3. The van der Waals surface area contributed by atoms with E-state index >= 15 is 0 Å². The lowest BCUT2D eigenvalue weighted by atomic mass is 9.95. The van der Waals surface area contributed by atoms with Crippen LogP contribution in [0.3, 0.4) is 0 Å². The van der Waals surface area contributed by atoms with Crippen molar-refractivity contribution in [3.05, 3.63) is 51.3 Å². The molecule has 0 bridgehead atoms. The molecule has 1 aliphatic carbocycles. The molecule has 0 radical (unpaired) electrons. The number of rotatable bonds is 5. The number of esters is 1. The van der Waals surface area contributed by atoms with Crippen molar-refractivity contribution >= 4 is 28.6 Å². The number of carbonyl (C=O) groups excluding carboxylic acids is 1. The van der Waals surface area contributed by atoms with Gasteiger partial charge in [-0.2, -0.15) is 0 Å². The molecule has 158 valence electrons. The number of benzene rings is 1. The van der Waals surface area contributed by atoms with E-state index in [0.717, 1.165) is 10.9 Å². The minimum atomic E-state index is -0.449. The van der Waals surface area contributed by atoms with Crippen LogP contribution in [0.15, 0.2) is 28.2 Å². The largest absolute Gasteiger partial charge is 0.465 e. The third-order valence-corrected chi connectivity index (χ3v) is 6.77. The third-order valence-electron chi connectivity index (χ3n) is 5.81. The van der Waals surface area contributed by atoms with Crippen LogP contribution in [-0.4, -0.2) is 32.6 Å². The summed E-state index contributed by atoms with van der Waals surface area (Å²) in [4.78, 5) is 36.5. The molecular weight excluding hydrogens is 400 g/mol. The molecular formula is C22H26N4O3S. The van der Waals surface area contributed by atoms with E-state index in [1.807, 2.05) is 6.92 Å². The minimum Gasteiger partial charge on any atom is -0.465 e. The summed E-state index contributed by atoms with van der Waals surface area (Å²) in [7, 11) is 1.33. The van der Waals surface area contributed by atoms with Gasteiger partial charge in [-0.3, -0.25) is 4.79 Å². The van der Waals surface area contributed by atoms with Gasteiger partial charge in [0, 0.05) is 11.7 Å². The molecule has 0 aliphatic heterocycles. The zero-order chi connectivity index (χ0) is 21.3. The molecule has 4 rings (SSSR count). The topological polar surface area (TPSA) is 89.9 Å². The Morgan fingerprint density at radius 1 is 1.23 bits per heavy atom. The molecule has 1 aliphatic rings. The maximum Gasteiger partial charge on any atom is 0.337 e. The highest BCUT2D eigenvalue weighted by Crippen LogP contribution is 2.34. The highest BCUT2D eigenvalue weighted by Gasteiger charge is 2.22. The predicted molar refractivity (Wildman–Crippen MR) is 117 cm³/mol. The molecule has 1 N–H and O–H groups in total. The molecule has 30 heavy (non-hydrogen) atoms. The number of aryl methyl sites for hydroxylation is 1. The van der Waals surface area contributed by atoms with Gasteiger partial charge in [0.05, 0.1) is 35.0 Å². The lowest BCUT2D eigenvalue weighted by Crippen LogP contribution is -2.15. The van der Waals surface area contributed by atoms with E-state index < -0.39 is 5.97 Å². The van der Waals surface area contributed by atoms with Crippen molar-refractivity contribution in [2.24, 2.45) is 0 Å². The average Bonchev–Trinajstić information content (AvgIpc) is 3.05. The van der Waals surface area contributed by atoms with Gasteiger partial charge in [0.25, 0.3) is 5.56 Å². The standard InChI is InChI=1S/C22H26N4O3S/c1-13-14(2)26(16-7-5-4-6-8-16)22(23-13)30-12-19-24-18-11-15(21(28)29-3)9-10-17(18)20(27)25-19/h9-11,16H,4-8,12H2,1-3H3,(H,24,25,27). The number of nitrogens with zero attached hydrogens (tertiary/aromatic N) is 3. The lowest BCUT2D eigenvalue weighted by Gasteiger charge is -2.26. The summed E-state index contributed by atoms with van der Waals surface area (Å²) in [6.07, 6.45) is 6.19. The van der Waals surface area contributed by atoms with Crippen molar-refractivity contribution in [2.45, 2.75) is 62.9 Å². The zero-order valence-electron chi connectivity index (χ0n) is 17.5. The molecule has 1 saturated carbocycles. The first kappa shape index (κ1) is 20.7. The van der Waals surface area contributed by atoms with Crippen LogP contribution in [0.4, 0.5) is 0 Å². The van der Waals surface area contributed by atoms with E-state index in [4.69, 9.17) is 9.72 Å². The fourth-order valence-corrected chi connectivity index (χ4v) is 5.13. The van der Waals surface area contributed by atoms with E-state index in [-0.39, 0.29) is 5.56 Å². The summed E-state index contributed by atoms with van der Waals surface area (Å²) in [5.74, 6) is 0.611. The number of thioether (sulfide) groups is 1. The second-order valence-corrected chi connectivity index (χ2v) is 8.69. The molecule has 7 nitrogen and oxygen atoms in total. The van der Waals surface area contributed by atoms with Crippen LogP contribution in [-0.2, 0) is 10.5 Å². The van der Waals surface area contributed by atoms with Crippen molar-refractivity contribution in [2.75, 3.05) is 7.11 Å². The molecule has 1 aromatic carbocycles. The number of aromatic nitrogens is 4. The molecule has 8 heteroatoms. The molecule has 2 heterocycles. The number of nitrogens with one attached hydrogen (secondary N) is 1. The number of carbonyl (C=O) groups is 1. The Bertz CT molecular complexity index is 1150. The highest BCUT2D eigenvalue weighted by atomic mass is 32.2. The van der Waals surface area contributed by atoms with E-state index in [0.29, 0.717) is 34.1 Å². The van der Waals surface area contributed by atoms with E-state index in [9.17, 15) is 9.59 Å². The van der Waals surface area contributed by atoms with Gasteiger partial charge in [0.1, 0.15) is 5.82 Å². The van der Waals surface area contributed by atoms with Gasteiger partial charge < -0.3 is 14.3 Å². The molecule has 0 amide bonds. The summed E-state index contributed by atoms with van der Waals surface area (Å²) in [6, 6.07) is 5.27. The van der Waals surface area contributed by atoms with Crippen molar-refractivity contribution in [3.63, 3.8) is 0 Å². The van der Waals surface area contributed by atoms with E-state index in [1.165, 1.54) is 44.9 Å². The number of aromatic amines is 1. The fraction of sp³-hybridized carbons (Fsp3) is 0.455. The Morgan fingerprint density at radius 2 is 2.00 bits per heavy atom. The Morgan fingerprint density at radius 3 is 2.73 bits per heavy atom. The highest BCUT2D eigenvalue weighted by molar-refractivity contribution is 7.98. The van der Waals surface area contributed by atoms with Gasteiger partial charge in [-0.1, -0.05) is 31.0 Å². The third kappa shape index (κ3) is 4.01. The number of fused-ring (bicyclic) bond motifs is 1. The van der Waals surface area contributed by atoms with Crippen LogP contribution in [0.5, 0.6) is 0 Å². The number of hydrogen-bond donors (Lipinski definition) is 1. The summed E-state index contributed by atoms with van der Waals surface area (Å²) in [6.45, 7) is 4.18. The van der Waals surface area contributed by atoms with Gasteiger partial charge >= 0.3 is 5.97 Å². The molecule has 0 unspecified atom stereocenters. The van der Waals surface area contributed by atoms with E-state index in [2.05, 4.69) is 21.5 Å². The second-order valence-electron chi connectivity index (χ2n) is 7.75. The van der Waals surface area contributed by atoms with Crippen molar-refractivity contribution < 1.29 is 9.53 Å². The van der Waals surface area contributed by atoms with Crippen molar-refractivity contribution in [1.29, 1.82) is 0 Å². The summed E-state index contributed by atoms with van der Waals surface area (Å²) in [5, 5.41) is 1.43. The van der Waals surface area contributed by atoms with Gasteiger partial charge in [-0.15, -0.1) is 0 Å². The van der Waals surface area contributed by atoms with Crippen LogP contribution in [0, 0.1) is 13.8 Å². The quantitative estimate of drug-likeness (QED) is 0.483. The Balaban J connectivity index is 1.61. The summed E-state index contributed by atoms with van der Waals surface area (Å²) >= 11 is 1.59. The molecule has 0 spiro atoms. The number of H-pyrrole nitrogens is 1. The molecule has 2 aromatic heterocycles. The summed E-state index contributed by atoms with van der Waals surface area (Å²) < 4.78 is 7.14. The van der Waals surface area contributed by atoms with Crippen molar-refractivity contribution in [1.82, 2.24) is 19.5 Å². The Hall–Kier alpha value is -2.61. The van der Waals surface area contributed by atoms with Crippen LogP contribution in [0.25, 0.3) is 10.9 Å². The van der Waals surface area contributed by atoms with Crippen LogP contribution < -0.4 is 5.56 Å². The monoisotopic (exact) mass is 426 g/mol. The Labute approximate surface area is 179 Å².